The predicted molar refractivity (Wildman–Crippen MR) is 130 cm³/mol. The SMILES string of the molecule is COc1ccc(N2C(=O)C(CC(=O)Nc3ccc(F)cc3)N(CCN3CCOCC3)C2=S)cc1. The number of amides is 2. The second kappa shape index (κ2) is 10.9. The number of carbonyl (C=O) groups is 2. The number of hydrogen-bond donors (Lipinski definition) is 1. The number of benzene rings is 2. The van der Waals surface area contributed by atoms with Crippen molar-refractivity contribution in [1.82, 2.24) is 9.80 Å². The van der Waals surface area contributed by atoms with Gasteiger partial charge in [0.1, 0.15) is 17.6 Å². The molecule has 0 aliphatic carbocycles. The Hall–Kier alpha value is -3.08. The standard InChI is InChI=1S/C24H27FN4O4S/c1-32-20-8-6-19(7-9-20)29-23(31)21(16-22(30)26-18-4-2-17(25)3-5-18)28(24(29)34)11-10-27-12-14-33-15-13-27/h2-9,21H,10-16H2,1H3,(H,26,30). The van der Waals surface area contributed by atoms with Gasteiger partial charge in [-0.05, 0) is 60.7 Å². The highest BCUT2D eigenvalue weighted by molar-refractivity contribution is 7.80. The fourth-order valence-corrected chi connectivity index (χ4v) is 4.47. The topological polar surface area (TPSA) is 74.4 Å². The van der Waals surface area contributed by atoms with Crippen molar-refractivity contribution in [3.63, 3.8) is 0 Å². The quantitative estimate of drug-likeness (QED) is 0.575. The number of anilines is 2. The van der Waals surface area contributed by atoms with E-state index in [0.29, 0.717) is 48.5 Å². The molecule has 0 radical (unpaired) electrons. The zero-order valence-electron chi connectivity index (χ0n) is 18.9. The van der Waals surface area contributed by atoms with Crippen molar-refractivity contribution in [1.29, 1.82) is 0 Å². The van der Waals surface area contributed by atoms with Crippen molar-refractivity contribution in [3.8, 4) is 5.75 Å². The average Bonchev–Trinajstić information content (AvgIpc) is 3.08. The molecule has 1 N–H and O–H groups in total. The highest BCUT2D eigenvalue weighted by Crippen LogP contribution is 2.29. The number of methoxy groups -OCH3 is 1. The monoisotopic (exact) mass is 486 g/mol. The second-order valence-electron chi connectivity index (χ2n) is 8.08. The smallest absolute Gasteiger partial charge is 0.256 e. The molecule has 2 saturated heterocycles. The van der Waals surface area contributed by atoms with Crippen molar-refractivity contribution in [2.24, 2.45) is 0 Å². The predicted octanol–water partition coefficient (Wildman–Crippen LogP) is 2.50. The molecule has 2 aromatic rings. The van der Waals surface area contributed by atoms with Gasteiger partial charge in [-0.15, -0.1) is 0 Å². The van der Waals surface area contributed by atoms with Crippen LogP contribution in [0, 0.1) is 5.82 Å². The molecule has 180 valence electrons. The number of rotatable bonds is 8. The van der Waals surface area contributed by atoms with Crippen LogP contribution in [0.15, 0.2) is 48.5 Å². The van der Waals surface area contributed by atoms with Crippen LogP contribution in [0.5, 0.6) is 5.75 Å². The van der Waals surface area contributed by atoms with Gasteiger partial charge in [0.2, 0.25) is 5.91 Å². The fraction of sp³-hybridized carbons (Fsp3) is 0.375. The van der Waals surface area contributed by atoms with Crippen LogP contribution in [0.1, 0.15) is 6.42 Å². The van der Waals surface area contributed by atoms with Gasteiger partial charge in [-0.1, -0.05) is 0 Å². The molecule has 1 atom stereocenters. The number of nitrogens with zero attached hydrogens (tertiary/aromatic N) is 3. The van der Waals surface area contributed by atoms with E-state index in [-0.39, 0.29) is 18.2 Å². The van der Waals surface area contributed by atoms with Gasteiger partial charge in [-0.25, -0.2) is 4.39 Å². The van der Waals surface area contributed by atoms with E-state index in [1.807, 2.05) is 4.90 Å². The maximum atomic E-state index is 13.5. The minimum Gasteiger partial charge on any atom is -0.497 e. The van der Waals surface area contributed by atoms with Crippen molar-refractivity contribution in [2.75, 3.05) is 56.7 Å². The largest absolute Gasteiger partial charge is 0.497 e. The lowest BCUT2D eigenvalue weighted by Gasteiger charge is -2.30. The first-order chi connectivity index (χ1) is 16.5. The Morgan fingerprint density at radius 3 is 2.44 bits per heavy atom. The first-order valence-corrected chi connectivity index (χ1v) is 11.5. The van der Waals surface area contributed by atoms with Gasteiger partial charge in [-0.3, -0.25) is 19.4 Å². The first-order valence-electron chi connectivity index (χ1n) is 11.1. The zero-order chi connectivity index (χ0) is 24.1. The number of morpholine rings is 1. The minimum atomic E-state index is -0.740. The molecule has 2 aliphatic rings. The summed E-state index contributed by atoms with van der Waals surface area (Å²) in [5.41, 5.74) is 1.08. The Kier molecular flexibility index (Phi) is 7.71. The fourth-order valence-electron chi connectivity index (χ4n) is 4.05. The summed E-state index contributed by atoms with van der Waals surface area (Å²) in [5, 5.41) is 3.10. The van der Waals surface area contributed by atoms with Gasteiger partial charge in [-0.2, -0.15) is 0 Å². The van der Waals surface area contributed by atoms with Crippen molar-refractivity contribution < 1.29 is 23.5 Å². The third-order valence-electron chi connectivity index (χ3n) is 5.92. The van der Waals surface area contributed by atoms with Crippen LogP contribution in [-0.4, -0.2) is 79.3 Å². The summed E-state index contributed by atoms with van der Waals surface area (Å²) in [4.78, 5) is 31.8. The van der Waals surface area contributed by atoms with Crippen molar-refractivity contribution in [3.05, 3.63) is 54.3 Å². The average molecular weight is 487 g/mol. The number of hydrogen-bond acceptors (Lipinski definition) is 6. The summed E-state index contributed by atoms with van der Waals surface area (Å²) >= 11 is 5.71. The Morgan fingerprint density at radius 1 is 1.12 bits per heavy atom. The Bertz CT molecular complexity index is 1030. The van der Waals surface area contributed by atoms with E-state index in [1.54, 1.807) is 31.4 Å². The van der Waals surface area contributed by atoms with E-state index < -0.39 is 11.9 Å². The molecule has 2 heterocycles. The number of halogens is 1. The van der Waals surface area contributed by atoms with E-state index >= 15 is 0 Å². The number of ether oxygens (including phenoxy) is 2. The van der Waals surface area contributed by atoms with E-state index in [2.05, 4.69) is 10.2 Å². The summed E-state index contributed by atoms with van der Waals surface area (Å²) in [5.74, 6) is -0.327. The van der Waals surface area contributed by atoms with Gasteiger partial charge >= 0.3 is 0 Å². The molecular formula is C24H27FN4O4S. The maximum absolute atomic E-state index is 13.5. The zero-order valence-corrected chi connectivity index (χ0v) is 19.7. The van der Waals surface area contributed by atoms with Gasteiger partial charge in [0.15, 0.2) is 5.11 Å². The summed E-state index contributed by atoms with van der Waals surface area (Å²) in [7, 11) is 1.57. The summed E-state index contributed by atoms with van der Waals surface area (Å²) in [6.07, 6.45) is -0.0773. The molecule has 0 spiro atoms. The van der Waals surface area contributed by atoms with Crippen molar-refractivity contribution >= 4 is 40.5 Å². The molecule has 8 nitrogen and oxygen atoms in total. The minimum absolute atomic E-state index is 0.0773. The molecule has 10 heteroatoms. The molecule has 0 saturated carbocycles. The highest BCUT2D eigenvalue weighted by Gasteiger charge is 2.44. The highest BCUT2D eigenvalue weighted by atomic mass is 32.1. The lowest BCUT2D eigenvalue weighted by atomic mass is 10.1. The number of thiocarbonyl (C=S) groups is 1. The summed E-state index contributed by atoms with van der Waals surface area (Å²) in [6, 6.07) is 11.8. The molecule has 2 aliphatic heterocycles. The molecule has 0 bridgehead atoms. The molecule has 1 unspecified atom stereocenters. The first kappa shape index (κ1) is 24.1. The molecular weight excluding hydrogens is 459 g/mol. The van der Waals surface area contributed by atoms with Crippen LogP contribution in [0.4, 0.5) is 15.8 Å². The summed E-state index contributed by atoms with van der Waals surface area (Å²) < 4.78 is 23.8. The van der Waals surface area contributed by atoms with Gasteiger partial charge < -0.3 is 19.7 Å². The molecule has 34 heavy (non-hydrogen) atoms. The van der Waals surface area contributed by atoms with E-state index in [1.165, 1.54) is 29.2 Å². The normalized spacial score (nSPS) is 18.9. The van der Waals surface area contributed by atoms with Crippen LogP contribution in [-0.2, 0) is 14.3 Å². The Morgan fingerprint density at radius 2 is 1.79 bits per heavy atom. The van der Waals surface area contributed by atoms with E-state index in [9.17, 15) is 14.0 Å². The number of carbonyl (C=O) groups excluding carboxylic acids is 2. The third kappa shape index (κ3) is 5.52. The lowest BCUT2D eigenvalue weighted by molar-refractivity contribution is -0.124. The Balaban J connectivity index is 1.51. The second-order valence-corrected chi connectivity index (χ2v) is 8.44. The van der Waals surface area contributed by atoms with Crippen LogP contribution in [0.3, 0.4) is 0 Å². The van der Waals surface area contributed by atoms with Crippen LogP contribution < -0.4 is 15.0 Å². The van der Waals surface area contributed by atoms with Gasteiger partial charge in [0.05, 0.1) is 32.4 Å². The maximum Gasteiger partial charge on any atom is 0.256 e. The van der Waals surface area contributed by atoms with Crippen LogP contribution in [0.25, 0.3) is 0 Å². The molecule has 2 fully saturated rings. The molecule has 4 rings (SSSR count). The van der Waals surface area contributed by atoms with Crippen LogP contribution in [0.2, 0.25) is 0 Å². The van der Waals surface area contributed by atoms with Crippen LogP contribution >= 0.6 is 12.2 Å². The van der Waals surface area contributed by atoms with Gasteiger partial charge in [0.25, 0.3) is 5.91 Å². The van der Waals surface area contributed by atoms with E-state index in [4.69, 9.17) is 21.7 Å². The molecule has 0 aromatic heterocycles. The van der Waals surface area contributed by atoms with Crippen molar-refractivity contribution in [2.45, 2.75) is 12.5 Å². The summed E-state index contributed by atoms with van der Waals surface area (Å²) in [6.45, 7) is 4.17. The lowest BCUT2D eigenvalue weighted by Crippen LogP contribution is -2.45. The molecule has 2 amide bonds. The van der Waals surface area contributed by atoms with E-state index in [0.717, 1.165) is 13.1 Å². The molecule has 2 aromatic carbocycles. The third-order valence-corrected chi connectivity index (χ3v) is 6.33. The van der Waals surface area contributed by atoms with Gasteiger partial charge in [0, 0.05) is 31.9 Å². The Labute approximate surface area is 203 Å². The number of nitrogens with one attached hydrogen (secondary N) is 1.